The average Bonchev–Trinajstić information content (AvgIpc) is 2.80. The third-order valence-corrected chi connectivity index (χ3v) is 4.93. The Labute approximate surface area is 122 Å². The zero-order valence-electron chi connectivity index (χ0n) is 11.2. The number of amides is 1. The van der Waals surface area contributed by atoms with Crippen LogP contribution in [0, 0.1) is 23.6 Å². The number of benzene rings is 1. The second kappa shape index (κ2) is 6.24. The van der Waals surface area contributed by atoms with Crippen molar-refractivity contribution >= 4 is 21.4 Å². The van der Waals surface area contributed by atoms with Crippen molar-refractivity contribution in [3.63, 3.8) is 0 Å². The van der Waals surface area contributed by atoms with Crippen LogP contribution in [0.5, 0.6) is 0 Å². The number of anilines is 1. The maximum absolute atomic E-state index is 13.5. The van der Waals surface area contributed by atoms with E-state index in [9.17, 15) is 17.6 Å². The van der Waals surface area contributed by atoms with Crippen LogP contribution in [0.2, 0.25) is 0 Å². The van der Waals surface area contributed by atoms with E-state index in [1.165, 1.54) is 18.2 Å². The lowest BCUT2D eigenvalue weighted by molar-refractivity contribution is -0.119. The lowest BCUT2D eigenvalue weighted by Crippen LogP contribution is -2.23. The highest BCUT2D eigenvalue weighted by Gasteiger charge is 2.32. The Hall–Kier alpha value is -1.91. The van der Waals surface area contributed by atoms with Crippen LogP contribution in [0.1, 0.15) is 12.0 Å². The van der Waals surface area contributed by atoms with Gasteiger partial charge in [-0.1, -0.05) is 11.8 Å². The molecule has 0 aliphatic carbocycles. The smallest absolute Gasteiger partial charge is 0.228 e. The number of sulfone groups is 1. The van der Waals surface area contributed by atoms with E-state index in [1.54, 1.807) is 0 Å². The highest BCUT2D eigenvalue weighted by molar-refractivity contribution is 7.91. The topological polar surface area (TPSA) is 89.3 Å². The van der Waals surface area contributed by atoms with Crippen LogP contribution in [-0.4, -0.2) is 32.4 Å². The molecule has 5 nitrogen and oxygen atoms in total. The molecule has 1 aliphatic heterocycles. The molecule has 2 rings (SSSR count). The molecule has 1 fully saturated rings. The molecule has 1 aliphatic rings. The maximum Gasteiger partial charge on any atom is 0.228 e. The molecule has 3 N–H and O–H groups in total. The van der Waals surface area contributed by atoms with Gasteiger partial charge in [0.2, 0.25) is 5.91 Å². The predicted molar refractivity (Wildman–Crippen MR) is 77.7 cm³/mol. The fraction of sp³-hybridized carbons (Fsp3) is 0.357. The predicted octanol–water partition coefficient (Wildman–Crippen LogP) is 0.509. The van der Waals surface area contributed by atoms with Gasteiger partial charge in [0.1, 0.15) is 5.82 Å². The number of rotatable bonds is 2. The minimum atomic E-state index is -3.12. The molecule has 1 saturated heterocycles. The van der Waals surface area contributed by atoms with E-state index in [0.29, 0.717) is 12.1 Å². The van der Waals surface area contributed by atoms with Crippen LogP contribution >= 0.6 is 0 Å². The van der Waals surface area contributed by atoms with Gasteiger partial charge >= 0.3 is 0 Å². The van der Waals surface area contributed by atoms with Gasteiger partial charge < -0.3 is 11.1 Å². The van der Waals surface area contributed by atoms with E-state index in [2.05, 4.69) is 17.2 Å². The van der Waals surface area contributed by atoms with Crippen molar-refractivity contribution in [1.29, 1.82) is 0 Å². The fourth-order valence-electron chi connectivity index (χ4n) is 2.09. The lowest BCUT2D eigenvalue weighted by Gasteiger charge is -2.10. The van der Waals surface area contributed by atoms with Gasteiger partial charge in [-0.05, 0) is 24.6 Å². The normalized spacial score (nSPS) is 19.6. The second-order valence-corrected chi connectivity index (χ2v) is 7.02. The molecular weight excluding hydrogens is 295 g/mol. The first-order valence-corrected chi connectivity index (χ1v) is 8.23. The molecule has 0 aromatic heterocycles. The first kappa shape index (κ1) is 15.5. The van der Waals surface area contributed by atoms with E-state index >= 15 is 0 Å². The average molecular weight is 310 g/mol. The summed E-state index contributed by atoms with van der Waals surface area (Å²) in [4.78, 5) is 12.0. The number of hydrogen-bond donors (Lipinski definition) is 2. The van der Waals surface area contributed by atoms with E-state index in [-0.39, 0.29) is 29.5 Å². The van der Waals surface area contributed by atoms with Crippen molar-refractivity contribution in [3.05, 3.63) is 29.6 Å². The SMILES string of the molecule is NCC#Cc1cc(NC(=O)C2CCS(=O)(=O)C2)ccc1F. The third-order valence-electron chi connectivity index (χ3n) is 3.16. The van der Waals surface area contributed by atoms with Crippen LogP contribution in [0.4, 0.5) is 10.1 Å². The minimum absolute atomic E-state index is 0.0295. The molecule has 1 unspecified atom stereocenters. The van der Waals surface area contributed by atoms with Crippen LogP contribution in [0.15, 0.2) is 18.2 Å². The van der Waals surface area contributed by atoms with Gasteiger partial charge in [-0.15, -0.1) is 0 Å². The zero-order chi connectivity index (χ0) is 15.5. The highest BCUT2D eigenvalue weighted by atomic mass is 32.2. The highest BCUT2D eigenvalue weighted by Crippen LogP contribution is 2.21. The zero-order valence-corrected chi connectivity index (χ0v) is 12.0. The Morgan fingerprint density at radius 3 is 2.86 bits per heavy atom. The van der Waals surface area contributed by atoms with Gasteiger partial charge in [-0.25, -0.2) is 12.8 Å². The molecule has 0 saturated carbocycles. The van der Waals surface area contributed by atoms with E-state index < -0.39 is 21.6 Å². The Morgan fingerprint density at radius 2 is 2.24 bits per heavy atom. The standard InChI is InChI=1S/C14H15FN2O3S/c15-13-4-3-12(8-10(13)2-1-6-16)17-14(18)11-5-7-21(19,20)9-11/h3-4,8,11H,5-7,9,16H2,(H,17,18). The van der Waals surface area contributed by atoms with E-state index in [1.807, 2.05) is 0 Å². The lowest BCUT2D eigenvalue weighted by atomic mass is 10.1. The molecule has 0 radical (unpaired) electrons. The molecule has 1 aromatic carbocycles. The van der Waals surface area contributed by atoms with Crippen molar-refractivity contribution in [1.82, 2.24) is 0 Å². The van der Waals surface area contributed by atoms with Crippen LogP contribution < -0.4 is 11.1 Å². The molecule has 0 bridgehead atoms. The fourth-order valence-corrected chi connectivity index (χ4v) is 3.83. The van der Waals surface area contributed by atoms with Gasteiger partial charge in [-0.3, -0.25) is 4.79 Å². The van der Waals surface area contributed by atoms with Crippen LogP contribution in [0.3, 0.4) is 0 Å². The Morgan fingerprint density at radius 1 is 1.48 bits per heavy atom. The summed E-state index contributed by atoms with van der Waals surface area (Å²) < 4.78 is 36.2. The number of nitrogens with one attached hydrogen (secondary N) is 1. The Kier molecular flexibility index (Phi) is 4.60. The third kappa shape index (κ3) is 4.03. The number of halogens is 1. The number of nitrogens with two attached hydrogens (primary N) is 1. The summed E-state index contributed by atoms with van der Waals surface area (Å²) in [6, 6.07) is 4.01. The van der Waals surface area contributed by atoms with Crippen LogP contribution in [0.25, 0.3) is 0 Å². The molecule has 21 heavy (non-hydrogen) atoms. The number of hydrogen-bond acceptors (Lipinski definition) is 4. The summed E-state index contributed by atoms with van der Waals surface area (Å²) in [5.74, 6) is 3.57. The first-order valence-electron chi connectivity index (χ1n) is 6.41. The molecule has 1 heterocycles. The molecule has 1 amide bonds. The summed E-state index contributed by atoms with van der Waals surface area (Å²) in [5.41, 5.74) is 5.75. The van der Waals surface area contributed by atoms with Crippen molar-refractivity contribution < 1.29 is 17.6 Å². The van der Waals surface area contributed by atoms with Crippen molar-refractivity contribution in [2.45, 2.75) is 6.42 Å². The van der Waals surface area contributed by atoms with Gasteiger partial charge in [0.15, 0.2) is 9.84 Å². The number of carbonyl (C=O) groups is 1. The van der Waals surface area contributed by atoms with Crippen LogP contribution in [-0.2, 0) is 14.6 Å². The Balaban J connectivity index is 2.11. The summed E-state index contributed by atoms with van der Waals surface area (Å²) in [5, 5.41) is 2.60. The van der Waals surface area contributed by atoms with Gasteiger partial charge in [0.05, 0.1) is 29.5 Å². The van der Waals surface area contributed by atoms with E-state index in [0.717, 1.165) is 0 Å². The summed E-state index contributed by atoms with van der Waals surface area (Å²) >= 11 is 0. The molecule has 0 spiro atoms. The molecule has 7 heteroatoms. The quantitative estimate of drug-likeness (QED) is 0.779. The summed E-state index contributed by atoms with van der Waals surface area (Å²) in [7, 11) is -3.12. The molecule has 1 atom stereocenters. The Bertz CT molecular complexity index is 719. The van der Waals surface area contributed by atoms with Gasteiger partial charge in [0.25, 0.3) is 0 Å². The van der Waals surface area contributed by atoms with Crippen molar-refractivity contribution in [3.8, 4) is 11.8 Å². The molecule has 112 valence electrons. The van der Waals surface area contributed by atoms with Crippen molar-refractivity contribution in [2.24, 2.45) is 11.7 Å². The molecule has 1 aromatic rings. The van der Waals surface area contributed by atoms with Crippen molar-refractivity contribution in [2.75, 3.05) is 23.4 Å². The first-order chi connectivity index (χ1) is 9.91. The molecular formula is C14H15FN2O3S. The monoisotopic (exact) mass is 310 g/mol. The maximum atomic E-state index is 13.5. The minimum Gasteiger partial charge on any atom is -0.326 e. The van der Waals surface area contributed by atoms with Gasteiger partial charge in [0, 0.05) is 5.69 Å². The van der Waals surface area contributed by atoms with E-state index in [4.69, 9.17) is 5.73 Å². The second-order valence-electron chi connectivity index (χ2n) is 4.79. The summed E-state index contributed by atoms with van der Waals surface area (Å²) in [6.45, 7) is 0.107. The summed E-state index contributed by atoms with van der Waals surface area (Å²) in [6.07, 6.45) is 0.315. The number of carbonyl (C=O) groups excluding carboxylic acids is 1. The largest absolute Gasteiger partial charge is 0.326 e. The van der Waals surface area contributed by atoms with Gasteiger partial charge in [-0.2, -0.15) is 0 Å².